The van der Waals surface area contributed by atoms with Gasteiger partial charge in [0.2, 0.25) is 5.79 Å². The average molecular weight is 339 g/mol. The Balaban J connectivity index is 1.96. The number of benzene rings is 1. The number of carbonyl (C=O) groups is 1. The van der Waals surface area contributed by atoms with Gasteiger partial charge in [-0.2, -0.15) is 0 Å². The van der Waals surface area contributed by atoms with E-state index in [1.807, 2.05) is 30.3 Å². The summed E-state index contributed by atoms with van der Waals surface area (Å²) in [6, 6.07) is 8.69. The lowest BCUT2D eigenvalue weighted by Gasteiger charge is -2.52. The minimum absolute atomic E-state index is 0.0424. The van der Waals surface area contributed by atoms with Gasteiger partial charge in [0, 0.05) is 13.5 Å². The minimum atomic E-state index is -1.84. The van der Waals surface area contributed by atoms with E-state index in [9.17, 15) is 25.2 Å². The number of aliphatic hydroxyl groups is 4. The van der Waals surface area contributed by atoms with Crippen molar-refractivity contribution in [1.29, 1.82) is 0 Å². The molecule has 2 fully saturated rings. The number of amides is 1. The Hall–Kier alpha value is -1.71. The summed E-state index contributed by atoms with van der Waals surface area (Å²) in [6.07, 6.45) is -6.59. The molecule has 2 saturated heterocycles. The molecule has 2 aliphatic rings. The quantitative estimate of drug-likeness (QED) is 0.566. The normalized spacial score (nSPS) is 39.8. The fourth-order valence-electron chi connectivity index (χ4n) is 3.27. The maximum absolute atomic E-state index is 12.3. The molecule has 8 nitrogen and oxygen atoms in total. The van der Waals surface area contributed by atoms with E-state index in [4.69, 9.17) is 9.47 Å². The molecule has 132 valence electrons. The first-order valence-corrected chi connectivity index (χ1v) is 7.73. The van der Waals surface area contributed by atoms with Gasteiger partial charge in [0.05, 0.1) is 12.6 Å². The fourth-order valence-corrected chi connectivity index (χ4v) is 3.27. The monoisotopic (exact) mass is 339 g/mol. The van der Waals surface area contributed by atoms with Gasteiger partial charge < -0.3 is 34.8 Å². The van der Waals surface area contributed by atoms with Crippen LogP contribution in [-0.4, -0.2) is 75.3 Å². The first-order chi connectivity index (χ1) is 11.4. The number of aliphatic hydroxyl groups excluding tert-OH is 4. The molecule has 1 aromatic rings. The lowest BCUT2D eigenvalue weighted by molar-refractivity contribution is -0.360. The Kier molecular flexibility index (Phi) is 4.50. The molecule has 4 N–H and O–H groups in total. The summed E-state index contributed by atoms with van der Waals surface area (Å²) >= 11 is 0. The smallest absolute Gasteiger partial charge is 0.412 e. The second-order valence-corrected chi connectivity index (χ2v) is 6.19. The van der Waals surface area contributed by atoms with Crippen LogP contribution >= 0.6 is 0 Å². The summed E-state index contributed by atoms with van der Waals surface area (Å²) in [5.74, 6) is -1.84. The molecule has 1 amide bonds. The highest BCUT2D eigenvalue weighted by Crippen LogP contribution is 2.43. The Morgan fingerprint density at radius 3 is 2.50 bits per heavy atom. The van der Waals surface area contributed by atoms with Crippen LogP contribution in [0, 0.1) is 0 Å². The third-order valence-corrected chi connectivity index (χ3v) is 4.71. The van der Waals surface area contributed by atoms with E-state index in [0.29, 0.717) is 0 Å². The van der Waals surface area contributed by atoms with Gasteiger partial charge in [-0.05, 0) is 5.56 Å². The molecule has 0 unspecified atom stereocenters. The van der Waals surface area contributed by atoms with Crippen molar-refractivity contribution < 1.29 is 34.7 Å². The van der Waals surface area contributed by atoms with Gasteiger partial charge in [-0.1, -0.05) is 30.3 Å². The van der Waals surface area contributed by atoms with Gasteiger partial charge in [-0.3, -0.25) is 0 Å². The second-order valence-electron chi connectivity index (χ2n) is 6.19. The zero-order chi connectivity index (χ0) is 17.5. The van der Waals surface area contributed by atoms with E-state index in [-0.39, 0.29) is 6.42 Å². The third-order valence-electron chi connectivity index (χ3n) is 4.71. The van der Waals surface area contributed by atoms with Crippen LogP contribution in [0.2, 0.25) is 0 Å². The van der Waals surface area contributed by atoms with Crippen LogP contribution in [0.4, 0.5) is 4.79 Å². The first-order valence-electron chi connectivity index (χ1n) is 7.73. The molecule has 0 saturated carbocycles. The van der Waals surface area contributed by atoms with Crippen molar-refractivity contribution in [2.24, 2.45) is 0 Å². The van der Waals surface area contributed by atoms with Gasteiger partial charge in [0.1, 0.15) is 24.4 Å². The van der Waals surface area contributed by atoms with Crippen LogP contribution in [0.1, 0.15) is 18.0 Å². The molecule has 24 heavy (non-hydrogen) atoms. The zero-order valence-electron chi connectivity index (χ0n) is 13.1. The van der Waals surface area contributed by atoms with Crippen LogP contribution in [0.15, 0.2) is 30.3 Å². The van der Waals surface area contributed by atoms with Crippen molar-refractivity contribution in [2.75, 3.05) is 13.7 Å². The van der Waals surface area contributed by atoms with Crippen molar-refractivity contribution in [1.82, 2.24) is 4.90 Å². The Morgan fingerprint density at radius 1 is 1.21 bits per heavy atom. The van der Waals surface area contributed by atoms with Crippen LogP contribution < -0.4 is 0 Å². The molecule has 0 bridgehead atoms. The molecular weight excluding hydrogens is 318 g/mol. The highest BCUT2D eigenvalue weighted by molar-refractivity contribution is 5.69. The summed E-state index contributed by atoms with van der Waals surface area (Å²) in [4.78, 5) is 13.7. The lowest BCUT2D eigenvalue weighted by atomic mass is 9.85. The predicted octanol–water partition coefficient (Wildman–Crippen LogP) is -0.630. The summed E-state index contributed by atoms with van der Waals surface area (Å²) in [7, 11) is 1.57. The maximum Gasteiger partial charge on any atom is 0.412 e. The first kappa shape index (κ1) is 17.1. The molecule has 3 rings (SSSR count). The maximum atomic E-state index is 12.3. The molecule has 0 radical (unpaired) electrons. The molecule has 8 heteroatoms. The number of ether oxygens (including phenoxy) is 2. The van der Waals surface area contributed by atoms with Crippen LogP contribution in [0.5, 0.6) is 0 Å². The van der Waals surface area contributed by atoms with Crippen molar-refractivity contribution in [3.05, 3.63) is 35.9 Å². The highest BCUT2D eigenvalue weighted by Gasteiger charge is 2.59. The van der Waals surface area contributed by atoms with Gasteiger partial charge in [0.15, 0.2) is 0 Å². The third kappa shape index (κ3) is 2.66. The standard InChI is InChI=1S/C16H21NO7/c1-17-10(9-5-3-2-4-6-9)7-16(24-15(17)22)14(21)13(20)12(19)11(8-18)23-16/h2-6,10-14,18-21H,7-8H2,1H3/t10-,11+,12+,13-,14+,16+/m0/s1. The Morgan fingerprint density at radius 2 is 1.88 bits per heavy atom. The Bertz CT molecular complexity index is 595. The van der Waals surface area contributed by atoms with Gasteiger partial charge in [-0.15, -0.1) is 0 Å². The Labute approximate surface area is 138 Å². The van der Waals surface area contributed by atoms with Crippen molar-refractivity contribution in [2.45, 2.75) is 42.7 Å². The van der Waals surface area contributed by atoms with Crippen LogP contribution in [-0.2, 0) is 9.47 Å². The molecule has 1 spiro atoms. The van der Waals surface area contributed by atoms with E-state index < -0.39 is 48.9 Å². The second kappa shape index (κ2) is 6.30. The SMILES string of the molecule is CN1C(=O)O[C@@]2(C[C@H]1c1ccccc1)O[C@H](CO)[C@@H](O)[C@H](O)[C@H]2O. The summed E-state index contributed by atoms with van der Waals surface area (Å²) in [5, 5.41) is 39.7. The number of rotatable bonds is 2. The number of nitrogens with zero attached hydrogens (tertiary/aromatic N) is 1. The van der Waals surface area contributed by atoms with E-state index >= 15 is 0 Å². The van der Waals surface area contributed by atoms with Gasteiger partial charge in [-0.25, -0.2) is 4.79 Å². The van der Waals surface area contributed by atoms with Gasteiger partial charge in [0.25, 0.3) is 0 Å². The topological polar surface area (TPSA) is 120 Å². The molecule has 0 aromatic heterocycles. The van der Waals surface area contributed by atoms with Crippen LogP contribution in [0.25, 0.3) is 0 Å². The van der Waals surface area contributed by atoms with E-state index in [0.717, 1.165) is 5.56 Å². The summed E-state index contributed by atoms with van der Waals surface area (Å²) in [6.45, 7) is -0.587. The highest BCUT2D eigenvalue weighted by atomic mass is 16.7. The molecule has 0 aliphatic carbocycles. The van der Waals surface area contributed by atoms with Crippen molar-refractivity contribution >= 4 is 6.09 Å². The van der Waals surface area contributed by atoms with E-state index in [1.54, 1.807) is 7.05 Å². The molecule has 6 atom stereocenters. The largest absolute Gasteiger partial charge is 0.414 e. The number of carbonyl (C=O) groups excluding carboxylic acids is 1. The molecule has 1 aromatic carbocycles. The molecular formula is C16H21NO7. The van der Waals surface area contributed by atoms with E-state index in [1.165, 1.54) is 4.90 Å². The van der Waals surface area contributed by atoms with Crippen molar-refractivity contribution in [3.63, 3.8) is 0 Å². The molecule has 2 aliphatic heterocycles. The average Bonchev–Trinajstić information content (AvgIpc) is 2.60. The zero-order valence-corrected chi connectivity index (χ0v) is 13.1. The molecule has 2 heterocycles. The minimum Gasteiger partial charge on any atom is -0.414 e. The predicted molar refractivity (Wildman–Crippen MR) is 80.8 cm³/mol. The lowest BCUT2D eigenvalue weighted by Crippen LogP contribution is -2.69. The number of hydrogen-bond donors (Lipinski definition) is 4. The van der Waals surface area contributed by atoms with Crippen LogP contribution in [0.3, 0.4) is 0 Å². The summed E-state index contributed by atoms with van der Waals surface area (Å²) in [5.41, 5.74) is 0.813. The fraction of sp³-hybridized carbons (Fsp3) is 0.562. The van der Waals surface area contributed by atoms with E-state index in [2.05, 4.69) is 0 Å². The van der Waals surface area contributed by atoms with Crippen molar-refractivity contribution in [3.8, 4) is 0 Å². The summed E-state index contributed by atoms with van der Waals surface area (Å²) < 4.78 is 10.8. The van der Waals surface area contributed by atoms with Gasteiger partial charge >= 0.3 is 6.09 Å². The number of hydrogen-bond acceptors (Lipinski definition) is 7.